The highest BCUT2D eigenvalue weighted by molar-refractivity contribution is 6.06. The van der Waals surface area contributed by atoms with Crippen molar-refractivity contribution in [3.63, 3.8) is 0 Å². The molecule has 3 aromatic rings. The highest BCUT2D eigenvalue weighted by Crippen LogP contribution is 2.21. The fourth-order valence-electron chi connectivity index (χ4n) is 1.98. The molecule has 4 nitrogen and oxygen atoms in total. The quantitative estimate of drug-likeness (QED) is 0.661. The van der Waals surface area contributed by atoms with Gasteiger partial charge in [0.2, 0.25) is 0 Å². The summed E-state index contributed by atoms with van der Waals surface area (Å²) in [6.45, 7) is 2.16. The van der Waals surface area contributed by atoms with E-state index < -0.39 is 0 Å². The normalized spacial score (nSPS) is 10.9. The van der Waals surface area contributed by atoms with E-state index in [2.05, 4.69) is 5.10 Å². The molecule has 0 radical (unpaired) electrons. The third-order valence-corrected chi connectivity index (χ3v) is 3.00. The Labute approximate surface area is 104 Å². The molecule has 1 aromatic carbocycles. The van der Waals surface area contributed by atoms with Crippen LogP contribution in [-0.2, 0) is 6.54 Å². The lowest BCUT2D eigenvalue weighted by molar-refractivity contribution is 0.0967. The van der Waals surface area contributed by atoms with Crippen LogP contribution < -0.4 is 0 Å². The Morgan fingerprint density at radius 2 is 2.17 bits per heavy atom. The highest BCUT2D eigenvalue weighted by atomic mass is 16.3. The Bertz CT molecular complexity index is 709. The molecule has 0 saturated carbocycles. The molecule has 0 atom stereocenters. The van der Waals surface area contributed by atoms with E-state index in [1.54, 1.807) is 10.9 Å². The van der Waals surface area contributed by atoms with Crippen molar-refractivity contribution in [3.05, 3.63) is 54.0 Å². The summed E-state index contributed by atoms with van der Waals surface area (Å²) < 4.78 is 7.05. The minimum atomic E-state index is 0.00625. The zero-order chi connectivity index (χ0) is 12.5. The number of ketones is 1. The second-order valence-corrected chi connectivity index (χ2v) is 4.20. The summed E-state index contributed by atoms with van der Waals surface area (Å²) in [7, 11) is 0. The molecular formula is C14H12N2O2. The van der Waals surface area contributed by atoms with Crippen molar-refractivity contribution < 1.29 is 9.21 Å². The summed E-state index contributed by atoms with van der Waals surface area (Å²) in [6, 6.07) is 9.40. The van der Waals surface area contributed by atoms with E-state index in [0.717, 1.165) is 16.7 Å². The molecule has 0 saturated heterocycles. The van der Waals surface area contributed by atoms with Crippen LogP contribution in [0.2, 0.25) is 0 Å². The second-order valence-electron chi connectivity index (χ2n) is 4.20. The summed E-state index contributed by atoms with van der Waals surface area (Å²) in [5.74, 6) is 0.00625. The summed E-state index contributed by atoms with van der Waals surface area (Å²) in [4.78, 5) is 12.2. The molecule has 90 valence electrons. The molecule has 0 amide bonds. The number of aromatic nitrogens is 2. The van der Waals surface area contributed by atoms with Gasteiger partial charge in [0, 0.05) is 17.3 Å². The van der Waals surface area contributed by atoms with Crippen molar-refractivity contribution in [2.75, 3.05) is 0 Å². The standard InChI is InChI=1S/C14H12N2O2/c1-10-6-7-15-16(10)8-13(17)12-9-18-14-5-3-2-4-11(12)14/h2-7,9H,8H2,1H3. The van der Waals surface area contributed by atoms with Crippen molar-refractivity contribution in [1.29, 1.82) is 0 Å². The van der Waals surface area contributed by atoms with Crippen molar-refractivity contribution in [1.82, 2.24) is 9.78 Å². The number of hydrogen-bond donors (Lipinski definition) is 0. The first-order valence-electron chi connectivity index (χ1n) is 5.73. The number of furan rings is 1. The van der Waals surface area contributed by atoms with Crippen molar-refractivity contribution in [2.45, 2.75) is 13.5 Å². The first-order valence-corrected chi connectivity index (χ1v) is 5.73. The molecule has 0 spiro atoms. The van der Waals surface area contributed by atoms with Gasteiger partial charge in [0.05, 0.1) is 5.56 Å². The zero-order valence-corrected chi connectivity index (χ0v) is 9.96. The average molecular weight is 240 g/mol. The van der Waals surface area contributed by atoms with Gasteiger partial charge < -0.3 is 4.42 Å². The predicted molar refractivity (Wildman–Crippen MR) is 67.5 cm³/mol. The number of rotatable bonds is 3. The minimum absolute atomic E-state index is 0.00625. The summed E-state index contributed by atoms with van der Waals surface area (Å²) in [5.41, 5.74) is 2.31. The molecule has 3 rings (SSSR count). The molecule has 2 heterocycles. The van der Waals surface area contributed by atoms with Gasteiger partial charge in [0.25, 0.3) is 0 Å². The minimum Gasteiger partial charge on any atom is -0.464 e. The predicted octanol–water partition coefficient (Wildman–Crippen LogP) is 2.82. The van der Waals surface area contributed by atoms with Crippen molar-refractivity contribution in [3.8, 4) is 0 Å². The van der Waals surface area contributed by atoms with Gasteiger partial charge in [-0.05, 0) is 19.1 Å². The molecule has 4 heteroatoms. The molecule has 0 unspecified atom stereocenters. The first-order chi connectivity index (χ1) is 8.75. The van der Waals surface area contributed by atoms with Crippen LogP contribution in [0.4, 0.5) is 0 Å². The van der Waals surface area contributed by atoms with Crippen LogP contribution in [0.3, 0.4) is 0 Å². The van der Waals surface area contributed by atoms with E-state index in [9.17, 15) is 4.79 Å². The van der Waals surface area contributed by atoms with Gasteiger partial charge in [0.15, 0.2) is 5.78 Å². The van der Waals surface area contributed by atoms with Crippen LogP contribution in [0.1, 0.15) is 16.1 Å². The average Bonchev–Trinajstić information content (AvgIpc) is 2.96. The number of aryl methyl sites for hydroxylation is 1. The second kappa shape index (κ2) is 4.14. The Morgan fingerprint density at radius 3 is 2.94 bits per heavy atom. The number of para-hydroxylation sites is 1. The third kappa shape index (κ3) is 1.72. The maximum atomic E-state index is 12.2. The lowest BCUT2D eigenvalue weighted by atomic mass is 10.1. The van der Waals surface area contributed by atoms with E-state index in [0.29, 0.717) is 5.56 Å². The van der Waals surface area contributed by atoms with Crippen LogP contribution in [0.25, 0.3) is 11.0 Å². The van der Waals surface area contributed by atoms with Gasteiger partial charge >= 0.3 is 0 Å². The maximum Gasteiger partial charge on any atom is 0.188 e. The fourth-order valence-corrected chi connectivity index (χ4v) is 1.98. The van der Waals surface area contributed by atoms with Gasteiger partial charge in [-0.2, -0.15) is 5.10 Å². The lowest BCUT2D eigenvalue weighted by Crippen LogP contribution is -2.12. The van der Waals surface area contributed by atoms with Crippen LogP contribution in [0, 0.1) is 6.92 Å². The topological polar surface area (TPSA) is 48.0 Å². The molecular weight excluding hydrogens is 228 g/mol. The molecule has 18 heavy (non-hydrogen) atoms. The molecule has 2 aromatic heterocycles. The van der Waals surface area contributed by atoms with Gasteiger partial charge in [-0.1, -0.05) is 18.2 Å². The molecule has 0 aliphatic rings. The zero-order valence-electron chi connectivity index (χ0n) is 9.96. The van der Waals surface area contributed by atoms with E-state index in [1.807, 2.05) is 37.3 Å². The van der Waals surface area contributed by atoms with Gasteiger partial charge in [0.1, 0.15) is 18.4 Å². The molecule has 0 aliphatic heterocycles. The monoisotopic (exact) mass is 240 g/mol. The molecule has 0 bridgehead atoms. The number of benzene rings is 1. The number of nitrogens with zero attached hydrogens (tertiary/aromatic N) is 2. The lowest BCUT2D eigenvalue weighted by Gasteiger charge is -2.02. The summed E-state index contributed by atoms with van der Waals surface area (Å²) in [5, 5.41) is 4.96. The van der Waals surface area contributed by atoms with E-state index >= 15 is 0 Å². The van der Waals surface area contributed by atoms with Crippen molar-refractivity contribution >= 4 is 16.8 Å². The van der Waals surface area contributed by atoms with E-state index in [-0.39, 0.29) is 12.3 Å². The number of Topliss-reactive ketones (excluding diaryl/α,β-unsaturated/α-hetero) is 1. The Morgan fingerprint density at radius 1 is 1.33 bits per heavy atom. The number of carbonyl (C=O) groups excluding carboxylic acids is 1. The largest absolute Gasteiger partial charge is 0.464 e. The van der Waals surface area contributed by atoms with Gasteiger partial charge in [-0.15, -0.1) is 0 Å². The van der Waals surface area contributed by atoms with E-state index in [4.69, 9.17) is 4.42 Å². The smallest absolute Gasteiger partial charge is 0.188 e. The first kappa shape index (κ1) is 10.8. The van der Waals surface area contributed by atoms with Gasteiger partial charge in [-0.3, -0.25) is 9.48 Å². The molecule has 0 N–H and O–H groups in total. The van der Waals surface area contributed by atoms with E-state index in [1.165, 1.54) is 6.26 Å². The van der Waals surface area contributed by atoms with Crippen LogP contribution in [0.15, 0.2) is 47.2 Å². The Kier molecular flexibility index (Phi) is 2.48. The highest BCUT2D eigenvalue weighted by Gasteiger charge is 2.14. The fraction of sp³-hybridized carbons (Fsp3) is 0.143. The molecule has 0 fully saturated rings. The number of fused-ring (bicyclic) bond motifs is 1. The van der Waals surface area contributed by atoms with Crippen LogP contribution in [-0.4, -0.2) is 15.6 Å². The van der Waals surface area contributed by atoms with Crippen LogP contribution in [0.5, 0.6) is 0 Å². The third-order valence-electron chi connectivity index (χ3n) is 3.00. The number of hydrogen-bond acceptors (Lipinski definition) is 3. The summed E-state index contributed by atoms with van der Waals surface area (Å²) >= 11 is 0. The SMILES string of the molecule is Cc1ccnn1CC(=O)c1coc2ccccc12. The maximum absolute atomic E-state index is 12.2. The number of carbonyl (C=O) groups is 1. The Balaban J connectivity index is 1.95. The summed E-state index contributed by atoms with van der Waals surface area (Å²) in [6.07, 6.45) is 3.21. The van der Waals surface area contributed by atoms with Crippen molar-refractivity contribution in [2.24, 2.45) is 0 Å². The van der Waals surface area contributed by atoms with Gasteiger partial charge in [-0.25, -0.2) is 0 Å². The molecule has 0 aliphatic carbocycles. The Hall–Kier alpha value is -2.36. The van der Waals surface area contributed by atoms with Crippen LogP contribution >= 0.6 is 0 Å².